The van der Waals surface area contributed by atoms with Crippen molar-refractivity contribution in [2.45, 2.75) is 0 Å². The zero-order valence-corrected chi connectivity index (χ0v) is 17.6. The molecule has 0 fully saturated rings. The fourth-order valence-electron chi connectivity index (χ4n) is 2.58. The van der Waals surface area contributed by atoms with Gasteiger partial charge in [0, 0.05) is 31.3 Å². The number of benzene rings is 2. The Morgan fingerprint density at radius 3 is 2.15 bits per heavy atom. The normalized spacial score (nSPS) is 11.1. The van der Waals surface area contributed by atoms with E-state index in [0.29, 0.717) is 38.5 Å². The fourth-order valence-corrected chi connectivity index (χ4v) is 3.05. The van der Waals surface area contributed by atoms with E-state index >= 15 is 0 Å². The van der Waals surface area contributed by atoms with Crippen molar-refractivity contribution in [3.63, 3.8) is 0 Å². The van der Waals surface area contributed by atoms with Crippen molar-refractivity contribution in [2.75, 3.05) is 46.1 Å². The van der Waals surface area contributed by atoms with E-state index in [4.69, 9.17) is 19.9 Å². The predicted octanol–water partition coefficient (Wildman–Crippen LogP) is 3.98. The Balaban J connectivity index is 2.45. The second-order valence-electron chi connectivity index (χ2n) is 5.94. The molecular formula is C20H23BrN2O4. The van der Waals surface area contributed by atoms with Crippen LogP contribution in [-0.4, -0.2) is 41.2 Å². The molecule has 27 heavy (non-hydrogen) atoms. The van der Waals surface area contributed by atoms with E-state index in [-0.39, 0.29) is 5.78 Å². The topological polar surface area (TPSA) is 74.0 Å². The van der Waals surface area contributed by atoms with E-state index < -0.39 is 0 Å². The smallest absolute Gasteiger partial charge is 0.200 e. The number of carbonyl (C=O) groups is 1. The average molecular weight is 435 g/mol. The zero-order valence-electron chi connectivity index (χ0n) is 16.0. The highest BCUT2D eigenvalue weighted by molar-refractivity contribution is 9.12. The second kappa shape index (κ2) is 8.81. The Bertz CT molecular complexity index is 879. The lowest BCUT2D eigenvalue weighted by Gasteiger charge is -2.16. The van der Waals surface area contributed by atoms with Crippen LogP contribution in [0.3, 0.4) is 0 Å². The fraction of sp³-hybridized carbons (Fsp3) is 0.250. The molecule has 0 atom stereocenters. The van der Waals surface area contributed by atoms with E-state index in [2.05, 4.69) is 15.9 Å². The van der Waals surface area contributed by atoms with Crippen molar-refractivity contribution in [1.29, 1.82) is 0 Å². The van der Waals surface area contributed by atoms with E-state index in [1.807, 2.05) is 19.0 Å². The number of ether oxygens (including phenoxy) is 3. The van der Waals surface area contributed by atoms with E-state index in [1.54, 1.807) is 57.7 Å². The molecule has 0 unspecified atom stereocenters. The van der Waals surface area contributed by atoms with Gasteiger partial charge in [0.2, 0.25) is 0 Å². The minimum atomic E-state index is -0.171. The first-order chi connectivity index (χ1) is 12.8. The molecule has 0 amide bonds. The Morgan fingerprint density at radius 1 is 1.00 bits per heavy atom. The van der Waals surface area contributed by atoms with Gasteiger partial charge in [0.25, 0.3) is 0 Å². The lowest BCUT2D eigenvalue weighted by molar-refractivity contribution is 0.104. The summed E-state index contributed by atoms with van der Waals surface area (Å²) in [5.74, 6) is 1.47. The van der Waals surface area contributed by atoms with Gasteiger partial charge in [-0.2, -0.15) is 0 Å². The number of hydrogen-bond acceptors (Lipinski definition) is 6. The molecule has 0 aliphatic rings. The molecule has 2 N–H and O–H groups in total. The molecule has 6 nitrogen and oxygen atoms in total. The third-order valence-electron chi connectivity index (χ3n) is 4.01. The molecule has 2 rings (SSSR count). The number of hydrogen-bond donors (Lipinski definition) is 1. The molecule has 2 aromatic carbocycles. The van der Waals surface area contributed by atoms with Crippen molar-refractivity contribution < 1.29 is 19.0 Å². The van der Waals surface area contributed by atoms with Crippen LogP contribution in [-0.2, 0) is 0 Å². The quantitative estimate of drug-likeness (QED) is 0.403. The molecule has 0 spiro atoms. The lowest BCUT2D eigenvalue weighted by atomic mass is 10.1. The highest BCUT2D eigenvalue weighted by atomic mass is 79.9. The van der Waals surface area contributed by atoms with Crippen LogP contribution in [0.4, 0.5) is 11.4 Å². The van der Waals surface area contributed by atoms with Crippen LogP contribution in [0.25, 0.3) is 6.08 Å². The number of nitrogens with zero attached hydrogens (tertiary/aromatic N) is 1. The molecule has 0 aliphatic carbocycles. The summed E-state index contributed by atoms with van der Waals surface area (Å²) >= 11 is 3.38. The van der Waals surface area contributed by atoms with Gasteiger partial charge in [-0.25, -0.2) is 0 Å². The van der Waals surface area contributed by atoms with Crippen molar-refractivity contribution in [1.82, 2.24) is 0 Å². The van der Waals surface area contributed by atoms with Gasteiger partial charge in [0.1, 0.15) is 5.75 Å². The van der Waals surface area contributed by atoms with Gasteiger partial charge >= 0.3 is 0 Å². The number of nitrogen functional groups attached to an aromatic ring is 1. The van der Waals surface area contributed by atoms with Crippen LogP contribution < -0.4 is 24.8 Å². The lowest BCUT2D eigenvalue weighted by Crippen LogP contribution is -2.12. The van der Waals surface area contributed by atoms with Gasteiger partial charge in [-0.3, -0.25) is 4.79 Å². The number of allylic oxidation sites excluding steroid dienone is 1. The molecule has 0 radical (unpaired) electrons. The summed E-state index contributed by atoms with van der Waals surface area (Å²) in [5, 5.41) is 0. The number of halogens is 1. The molecule has 0 saturated heterocycles. The van der Waals surface area contributed by atoms with Crippen LogP contribution in [0.2, 0.25) is 0 Å². The number of ketones is 1. The van der Waals surface area contributed by atoms with E-state index in [1.165, 1.54) is 0 Å². The molecule has 0 heterocycles. The highest BCUT2D eigenvalue weighted by Gasteiger charge is 2.16. The van der Waals surface area contributed by atoms with Gasteiger partial charge in [-0.1, -0.05) is 0 Å². The number of nitrogens with two attached hydrogens (primary N) is 1. The average Bonchev–Trinajstić information content (AvgIpc) is 2.66. The third kappa shape index (κ3) is 4.54. The summed E-state index contributed by atoms with van der Waals surface area (Å²) in [7, 11) is 8.40. The van der Waals surface area contributed by atoms with Crippen LogP contribution in [0, 0.1) is 0 Å². The zero-order chi connectivity index (χ0) is 20.1. The van der Waals surface area contributed by atoms with Gasteiger partial charge in [0.15, 0.2) is 17.3 Å². The van der Waals surface area contributed by atoms with Crippen molar-refractivity contribution in [2.24, 2.45) is 0 Å². The maximum absolute atomic E-state index is 12.8. The molecule has 0 aromatic heterocycles. The molecule has 2 aromatic rings. The van der Waals surface area contributed by atoms with Gasteiger partial charge in [-0.05, 0) is 46.3 Å². The Labute approximate surface area is 167 Å². The minimum Gasteiger partial charge on any atom is -0.496 e. The molecule has 144 valence electrons. The highest BCUT2D eigenvalue weighted by Crippen LogP contribution is 2.36. The van der Waals surface area contributed by atoms with Crippen LogP contribution >= 0.6 is 15.9 Å². The Kier molecular flexibility index (Phi) is 6.74. The summed E-state index contributed by atoms with van der Waals surface area (Å²) in [6, 6.07) is 8.65. The summed E-state index contributed by atoms with van der Waals surface area (Å²) in [5.41, 5.74) is 8.56. The number of methoxy groups -OCH3 is 3. The number of rotatable bonds is 7. The summed E-state index contributed by atoms with van der Waals surface area (Å²) in [4.78, 5) is 14.7. The third-order valence-corrected chi connectivity index (χ3v) is 4.60. The first kappa shape index (κ1) is 20.6. The standard InChI is InChI=1S/C20H23BrN2O4/c1-23(2)16-9-12(6-7-15(16)22)20(24)14(21)8-13-10-18(26-4)19(27-5)11-17(13)25-3/h6-11H,22H2,1-5H3. The van der Waals surface area contributed by atoms with Crippen molar-refractivity contribution in [3.8, 4) is 17.2 Å². The van der Waals surface area contributed by atoms with Crippen molar-refractivity contribution >= 4 is 39.2 Å². The molecular weight excluding hydrogens is 412 g/mol. The minimum absolute atomic E-state index is 0.171. The summed E-state index contributed by atoms with van der Waals surface area (Å²) in [6.07, 6.45) is 1.69. The molecule has 0 bridgehead atoms. The molecule has 0 saturated carbocycles. The Morgan fingerprint density at radius 2 is 1.59 bits per heavy atom. The summed E-state index contributed by atoms with van der Waals surface area (Å²) < 4.78 is 16.4. The van der Waals surface area contributed by atoms with Gasteiger partial charge in [-0.15, -0.1) is 0 Å². The van der Waals surface area contributed by atoms with Crippen LogP contribution in [0.5, 0.6) is 17.2 Å². The van der Waals surface area contributed by atoms with Crippen molar-refractivity contribution in [3.05, 3.63) is 45.9 Å². The van der Waals surface area contributed by atoms with Crippen LogP contribution in [0.15, 0.2) is 34.8 Å². The monoisotopic (exact) mass is 434 g/mol. The van der Waals surface area contributed by atoms with Gasteiger partial charge in [0.05, 0.1) is 37.2 Å². The second-order valence-corrected chi connectivity index (χ2v) is 6.79. The molecule has 0 aliphatic heterocycles. The van der Waals surface area contributed by atoms with Gasteiger partial charge < -0.3 is 24.8 Å². The Hall–Kier alpha value is -2.67. The number of carbonyl (C=O) groups excluding carboxylic acids is 1. The van der Waals surface area contributed by atoms with E-state index in [0.717, 1.165) is 5.69 Å². The number of Topliss-reactive ketones (excluding diaryl/α,β-unsaturated/α-hetero) is 1. The van der Waals surface area contributed by atoms with E-state index in [9.17, 15) is 4.79 Å². The summed E-state index contributed by atoms with van der Waals surface area (Å²) in [6.45, 7) is 0. The SMILES string of the molecule is COc1cc(OC)c(OC)cc1C=C(Br)C(=O)c1ccc(N)c(N(C)C)c1. The largest absolute Gasteiger partial charge is 0.496 e. The first-order valence-electron chi connectivity index (χ1n) is 8.11. The van der Waals surface area contributed by atoms with Crippen LogP contribution in [0.1, 0.15) is 15.9 Å². The maximum atomic E-state index is 12.8. The maximum Gasteiger partial charge on any atom is 0.200 e. The molecule has 7 heteroatoms. The number of anilines is 2. The predicted molar refractivity (Wildman–Crippen MR) is 113 cm³/mol. The first-order valence-corrected chi connectivity index (χ1v) is 8.90.